The summed E-state index contributed by atoms with van der Waals surface area (Å²) in [5.41, 5.74) is 8.70. The molecular weight excluding hydrogens is 354 g/mol. The lowest BCUT2D eigenvalue weighted by molar-refractivity contribution is -0.105. The largest absolute Gasteiger partial charge is 0.457 e. The Hall–Kier alpha value is -4.13. The second-order valence-electron chi connectivity index (χ2n) is 6.05. The van der Waals surface area contributed by atoms with Crippen LogP contribution < -0.4 is 15.8 Å². The molecule has 1 aromatic heterocycles. The number of anilines is 2. The van der Waals surface area contributed by atoms with Crippen LogP contribution in [0.5, 0.6) is 11.5 Å². The number of aromatic nitrogens is 3. The maximum atomic E-state index is 10.6. The van der Waals surface area contributed by atoms with E-state index in [2.05, 4.69) is 20.5 Å². The number of nitrogens with two attached hydrogens (primary N) is 1. The number of ether oxygens (including phenoxy) is 1. The van der Waals surface area contributed by atoms with Gasteiger partial charge in [0.1, 0.15) is 11.5 Å². The molecule has 0 spiro atoms. The third-order valence-electron chi connectivity index (χ3n) is 4.06. The van der Waals surface area contributed by atoms with Gasteiger partial charge < -0.3 is 15.8 Å². The van der Waals surface area contributed by atoms with Crippen LogP contribution in [0.3, 0.4) is 0 Å². The van der Waals surface area contributed by atoms with Crippen molar-refractivity contribution in [3.05, 3.63) is 72.8 Å². The number of aromatic amines is 1. The number of nitrogens with one attached hydrogen (secondary N) is 2. The quantitative estimate of drug-likeness (QED) is 0.350. The number of nitrogen functional groups attached to an aromatic ring is 1. The number of amides is 1. The van der Waals surface area contributed by atoms with Gasteiger partial charge in [-0.1, -0.05) is 24.3 Å². The molecule has 7 heteroatoms. The first-order valence-corrected chi connectivity index (χ1v) is 8.58. The average molecular weight is 371 g/mol. The molecule has 0 aliphatic carbocycles. The van der Waals surface area contributed by atoms with E-state index in [1.807, 2.05) is 54.6 Å². The molecule has 138 valence electrons. The Kier molecular flexibility index (Phi) is 4.71. The number of hydrogen-bond donors (Lipinski definition) is 3. The van der Waals surface area contributed by atoms with Crippen LogP contribution in [-0.4, -0.2) is 21.6 Å². The van der Waals surface area contributed by atoms with Gasteiger partial charge >= 0.3 is 0 Å². The highest BCUT2D eigenvalue weighted by Gasteiger charge is 2.09. The monoisotopic (exact) mass is 371 g/mol. The third kappa shape index (κ3) is 3.83. The Labute approximate surface area is 161 Å². The minimum atomic E-state index is 0.536. The van der Waals surface area contributed by atoms with Crippen molar-refractivity contribution in [3.8, 4) is 34.3 Å². The third-order valence-corrected chi connectivity index (χ3v) is 4.06. The molecule has 0 atom stereocenters. The molecule has 0 radical (unpaired) electrons. The van der Waals surface area contributed by atoms with E-state index >= 15 is 0 Å². The molecule has 4 rings (SSSR count). The van der Waals surface area contributed by atoms with Crippen LogP contribution in [0.4, 0.5) is 11.4 Å². The minimum absolute atomic E-state index is 0.536. The summed E-state index contributed by atoms with van der Waals surface area (Å²) >= 11 is 0. The van der Waals surface area contributed by atoms with E-state index < -0.39 is 0 Å². The molecule has 4 N–H and O–H groups in total. The molecular formula is C21H17N5O2. The SMILES string of the molecule is Nc1ccc(Oc2cccc(-c3nc(-c4cccc(NC=O)c4)n[nH]3)c2)cc1. The number of nitrogens with zero attached hydrogens (tertiary/aromatic N) is 2. The molecule has 7 nitrogen and oxygen atoms in total. The Morgan fingerprint density at radius 3 is 2.54 bits per heavy atom. The van der Waals surface area contributed by atoms with Gasteiger partial charge in [-0.05, 0) is 48.5 Å². The van der Waals surface area contributed by atoms with Crippen LogP contribution in [0, 0.1) is 0 Å². The molecule has 1 amide bonds. The molecule has 0 unspecified atom stereocenters. The molecule has 0 saturated heterocycles. The molecule has 1 heterocycles. The number of hydrogen-bond acceptors (Lipinski definition) is 5. The topological polar surface area (TPSA) is 106 Å². The summed E-state index contributed by atoms with van der Waals surface area (Å²) in [4.78, 5) is 15.2. The van der Waals surface area contributed by atoms with Gasteiger partial charge in [0.2, 0.25) is 6.41 Å². The molecule has 28 heavy (non-hydrogen) atoms. The van der Waals surface area contributed by atoms with E-state index in [0.717, 1.165) is 11.1 Å². The number of carbonyl (C=O) groups excluding carboxylic acids is 1. The zero-order chi connectivity index (χ0) is 19.3. The van der Waals surface area contributed by atoms with Crippen LogP contribution in [0.25, 0.3) is 22.8 Å². The van der Waals surface area contributed by atoms with Gasteiger partial charge in [-0.2, -0.15) is 5.10 Å². The molecule has 3 aromatic carbocycles. The standard InChI is InChI=1S/C21H17N5O2/c22-16-7-9-18(10-8-16)28-19-6-2-4-15(12-19)21-24-20(25-26-21)14-3-1-5-17(11-14)23-13-27/h1-13H,22H2,(H,23,27)(H,24,25,26). The van der Waals surface area contributed by atoms with E-state index in [-0.39, 0.29) is 0 Å². The highest BCUT2D eigenvalue weighted by molar-refractivity contribution is 5.74. The molecule has 0 bridgehead atoms. The fourth-order valence-corrected chi connectivity index (χ4v) is 2.71. The van der Waals surface area contributed by atoms with E-state index in [1.165, 1.54) is 0 Å². The first-order chi connectivity index (χ1) is 13.7. The summed E-state index contributed by atoms with van der Waals surface area (Å²) in [5, 5.41) is 9.85. The van der Waals surface area contributed by atoms with E-state index in [1.54, 1.807) is 18.2 Å². The normalized spacial score (nSPS) is 10.4. The van der Waals surface area contributed by atoms with Crippen molar-refractivity contribution in [2.75, 3.05) is 11.1 Å². The minimum Gasteiger partial charge on any atom is -0.457 e. The highest BCUT2D eigenvalue weighted by Crippen LogP contribution is 2.27. The molecule has 0 aliphatic rings. The lowest BCUT2D eigenvalue weighted by Crippen LogP contribution is -1.93. The van der Waals surface area contributed by atoms with Crippen molar-refractivity contribution in [1.29, 1.82) is 0 Å². The highest BCUT2D eigenvalue weighted by atomic mass is 16.5. The van der Waals surface area contributed by atoms with Gasteiger partial charge in [-0.3, -0.25) is 9.89 Å². The van der Waals surface area contributed by atoms with Crippen molar-refractivity contribution in [2.24, 2.45) is 0 Å². The van der Waals surface area contributed by atoms with E-state index in [4.69, 9.17) is 10.5 Å². The van der Waals surface area contributed by atoms with Gasteiger partial charge in [0, 0.05) is 22.5 Å². The lowest BCUT2D eigenvalue weighted by Gasteiger charge is -2.07. The lowest BCUT2D eigenvalue weighted by atomic mass is 10.2. The van der Waals surface area contributed by atoms with E-state index in [9.17, 15) is 4.79 Å². The molecule has 4 aromatic rings. The maximum absolute atomic E-state index is 10.6. The van der Waals surface area contributed by atoms with Gasteiger partial charge in [-0.15, -0.1) is 0 Å². The summed E-state index contributed by atoms with van der Waals surface area (Å²) in [6.07, 6.45) is 0.634. The maximum Gasteiger partial charge on any atom is 0.211 e. The van der Waals surface area contributed by atoms with Crippen LogP contribution in [0.15, 0.2) is 72.8 Å². The smallest absolute Gasteiger partial charge is 0.211 e. The summed E-state index contributed by atoms with van der Waals surface area (Å²) < 4.78 is 5.87. The predicted molar refractivity (Wildman–Crippen MR) is 108 cm³/mol. The van der Waals surface area contributed by atoms with Crippen LogP contribution in [0.2, 0.25) is 0 Å². The zero-order valence-electron chi connectivity index (χ0n) is 14.8. The van der Waals surface area contributed by atoms with Crippen LogP contribution in [0.1, 0.15) is 0 Å². The first kappa shape index (κ1) is 17.3. The van der Waals surface area contributed by atoms with Crippen LogP contribution >= 0.6 is 0 Å². The number of rotatable bonds is 6. The summed E-state index contributed by atoms with van der Waals surface area (Å²) in [7, 11) is 0. The predicted octanol–water partition coefficient (Wildman–Crippen LogP) is 4.08. The second-order valence-corrected chi connectivity index (χ2v) is 6.05. The Morgan fingerprint density at radius 1 is 0.929 bits per heavy atom. The van der Waals surface area contributed by atoms with Gasteiger partial charge in [-0.25, -0.2) is 4.98 Å². The number of H-pyrrole nitrogens is 1. The average Bonchev–Trinajstić information content (AvgIpc) is 3.21. The second kappa shape index (κ2) is 7.63. The van der Waals surface area contributed by atoms with Crippen molar-refractivity contribution >= 4 is 17.8 Å². The zero-order valence-corrected chi connectivity index (χ0v) is 14.8. The van der Waals surface area contributed by atoms with Gasteiger partial charge in [0.05, 0.1) is 0 Å². The molecule has 0 aliphatic heterocycles. The fraction of sp³-hybridized carbons (Fsp3) is 0. The summed E-state index contributed by atoms with van der Waals surface area (Å²) in [6.45, 7) is 0. The van der Waals surface area contributed by atoms with E-state index in [0.29, 0.717) is 40.9 Å². The van der Waals surface area contributed by atoms with Crippen LogP contribution in [-0.2, 0) is 4.79 Å². The summed E-state index contributed by atoms with van der Waals surface area (Å²) in [5.74, 6) is 2.53. The fourth-order valence-electron chi connectivity index (χ4n) is 2.71. The summed E-state index contributed by atoms with van der Waals surface area (Å²) in [6, 6.07) is 22.1. The van der Waals surface area contributed by atoms with Crippen molar-refractivity contribution < 1.29 is 9.53 Å². The van der Waals surface area contributed by atoms with Crippen molar-refractivity contribution in [3.63, 3.8) is 0 Å². The number of benzene rings is 3. The Morgan fingerprint density at radius 2 is 1.71 bits per heavy atom. The molecule has 0 fully saturated rings. The Balaban J connectivity index is 1.57. The van der Waals surface area contributed by atoms with Gasteiger partial charge in [0.25, 0.3) is 0 Å². The molecule has 0 saturated carbocycles. The van der Waals surface area contributed by atoms with Gasteiger partial charge in [0.15, 0.2) is 11.6 Å². The van der Waals surface area contributed by atoms with Crippen molar-refractivity contribution in [1.82, 2.24) is 15.2 Å². The van der Waals surface area contributed by atoms with Crippen molar-refractivity contribution in [2.45, 2.75) is 0 Å². The number of carbonyl (C=O) groups is 1. The first-order valence-electron chi connectivity index (χ1n) is 8.58. The Bertz CT molecular complexity index is 1110.